The Bertz CT molecular complexity index is 462. The Balaban J connectivity index is 1.75. The van der Waals surface area contributed by atoms with Gasteiger partial charge in [0.25, 0.3) is 0 Å². The minimum Gasteiger partial charge on any atom is -0.370 e. The maximum absolute atomic E-state index is 4.63. The Morgan fingerprint density at radius 1 is 1.25 bits per heavy atom. The number of fused-ring (bicyclic) bond motifs is 1. The molecule has 3 heterocycles. The molecule has 1 atom stereocenters. The summed E-state index contributed by atoms with van der Waals surface area (Å²) in [6, 6.07) is 2.81. The summed E-state index contributed by atoms with van der Waals surface area (Å²) >= 11 is 0. The number of nitrogens with one attached hydrogen (secondary N) is 1. The van der Waals surface area contributed by atoms with Crippen molar-refractivity contribution in [1.29, 1.82) is 0 Å². The van der Waals surface area contributed by atoms with Crippen LogP contribution in [0, 0.1) is 6.92 Å². The van der Waals surface area contributed by atoms with Crippen LogP contribution < -0.4 is 10.2 Å². The standard InChI is InChI=1S/C15H25N5/c1-3-16-14-10-15(18-12(2)17-14)20-9-8-19-7-5-4-6-13(19)11-20/h10,13H,3-9,11H2,1-2H3,(H,16,17,18). The summed E-state index contributed by atoms with van der Waals surface area (Å²) in [6.07, 6.45) is 4.08. The summed E-state index contributed by atoms with van der Waals surface area (Å²) in [5.74, 6) is 2.88. The van der Waals surface area contributed by atoms with E-state index in [1.807, 2.05) is 6.92 Å². The first kappa shape index (κ1) is 13.6. The summed E-state index contributed by atoms with van der Waals surface area (Å²) in [6.45, 7) is 9.61. The smallest absolute Gasteiger partial charge is 0.134 e. The van der Waals surface area contributed by atoms with Gasteiger partial charge in [-0.3, -0.25) is 4.90 Å². The number of hydrogen-bond donors (Lipinski definition) is 1. The fourth-order valence-corrected chi connectivity index (χ4v) is 3.35. The van der Waals surface area contributed by atoms with E-state index >= 15 is 0 Å². The van der Waals surface area contributed by atoms with Crippen LogP contribution >= 0.6 is 0 Å². The van der Waals surface area contributed by atoms with Crippen molar-refractivity contribution < 1.29 is 0 Å². The molecule has 1 aromatic heterocycles. The molecule has 2 saturated heterocycles. The molecule has 2 aliphatic heterocycles. The molecule has 20 heavy (non-hydrogen) atoms. The number of aromatic nitrogens is 2. The van der Waals surface area contributed by atoms with Gasteiger partial charge in [-0.05, 0) is 33.2 Å². The topological polar surface area (TPSA) is 44.3 Å². The van der Waals surface area contributed by atoms with Crippen LogP contribution in [0.3, 0.4) is 0 Å². The van der Waals surface area contributed by atoms with Crippen molar-refractivity contribution in [3.8, 4) is 0 Å². The van der Waals surface area contributed by atoms with Crippen molar-refractivity contribution in [3.63, 3.8) is 0 Å². The molecule has 0 aliphatic carbocycles. The SMILES string of the molecule is CCNc1cc(N2CCN3CCCCC3C2)nc(C)n1. The van der Waals surface area contributed by atoms with E-state index in [0.717, 1.165) is 43.1 Å². The lowest BCUT2D eigenvalue weighted by Gasteiger charge is -2.44. The highest BCUT2D eigenvalue weighted by molar-refractivity contribution is 5.49. The van der Waals surface area contributed by atoms with Gasteiger partial charge in [-0.15, -0.1) is 0 Å². The van der Waals surface area contributed by atoms with Crippen molar-refractivity contribution in [2.45, 2.75) is 39.2 Å². The molecular weight excluding hydrogens is 250 g/mol. The number of piperidine rings is 1. The van der Waals surface area contributed by atoms with Crippen LogP contribution in [0.15, 0.2) is 6.07 Å². The van der Waals surface area contributed by atoms with E-state index < -0.39 is 0 Å². The Morgan fingerprint density at radius 2 is 2.15 bits per heavy atom. The Hall–Kier alpha value is -1.36. The van der Waals surface area contributed by atoms with Crippen LogP contribution in [0.4, 0.5) is 11.6 Å². The predicted octanol–water partition coefficient (Wildman–Crippen LogP) is 1.89. The van der Waals surface area contributed by atoms with Crippen molar-refractivity contribution in [3.05, 3.63) is 11.9 Å². The van der Waals surface area contributed by atoms with Gasteiger partial charge in [0.1, 0.15) is 17.5 Å². The monoisotopic (exact) mass is 275 g/mol. The van der Waals surface area contributed by atoms with Crippen LogP contribution in [0.2, 0.25) is 0 Å². The molecule has 0 spiro atoms. The number of anilines is 2. The summed E-state index contributed by atoms with van der Waals surface area (Å²) in [5.41, 5.74) is 0. The van der Waals surface area contributed by atoms with Gasteiger partial charge in [-0.2, -0.15) is 0 Å². The second-order valence-corrected chi connectivity index (χ2v) is 5.82. The van der Waals surface area contributed by atoms with Crippen LogP contribution in [0.1, 0.15) is 32.0 Å². The molecule has 5 nitrogen and oxygen atoms in total. The van der Waals surface area contributed by atoms with Gasteiger partial charge in [0, 0.05) is 38.3 Å². The third kappa shape index (κ3) is 2.87. The molecule has 0 bridgehead atoms. The molecule has 1 N–H and O–H groups in total. The summed E-state index contributed by atoms with van der Waals surface area (Å²) < 4.78 is 0. The fraction of sp³-hybridized carbons (Fsp3) is 0.733. The largest absolute Gasteiger partial charge is 0.370 e. The second-order valence-electron chi connectivity index (χ2n) is 5.82. The number of piperazine rings is 1. The zero-order valence-electron chi connectivity index (χ0n) is 12.6. The number of nitrogens with zero attached hydrogens (tertiary/aromatic N) is 4. The van der Waals surface area contributed by atoms with E-state index in [1.54, 1.807) is 0 Å². The van der Waals surface area contributed by atoms with Gasteiger partial charge < -0.3 is 10.2 Å². The van der Waals surface area contributed by atoms with Crippen LogP contribution in [0.5, 0.6) is 0 Å². The first-order valence-electron chi connectivity index (χ1n) is 7.85. The van der Waals surface area contributed by atoms with Gasteiger partial charge in [0.15, 0.2) is 0 Å². The molecule has 1 aromatic rings. The molecule has 3 rings (SSSR count). The summed E-state index contributed by atoms with van der Waals surface area (Å²) in [4.78, 5) is 14.2. The van der Waals surface area contributed by atoms with Crippen LogP contribution in [-0.2, 0) is 0 Å². The Labute approximate surface area is 121 Å². The lowest BCUT2D eigenvalue weighted by molar-refractivity contribution is 0.133. The highest BCUT2D eigenvalue weighted by Gasteiger charge is 2.29. The van der Waals surface area contributed by atoms with E-state index in [4.69, 9.17) is 0 Å². The summed E-state index contributed by atoms with van der Waals surface area (Å²) in [7, 11) is 0. The lowest BCUT2D eigenvalue weighted by Crippen LogP contribution is -2.55. The van der Waals surface area contributed by atoms with E-state index in [9.17, 15) is 0 Å². The minimum absolute atomic E-state index is 0.718. The number of aryl methyl sites for hydroxylation is 1. The fourth-order valence-electron chi connectivity index (χ4n) is 3.35. The Kier molecular flexibility index (Phi) is 4.05. The number of rotatable bonds is 3. The van der Waals surface area contributed by atoms with E-state index in [2.05, 4.69) is 38.1 Å². The molecule has 110 valence electrons. The molecule has 0 amide bonds. The quantitative estimate of drug-likeness (QED) is 0.912. The third-order valence-corrected chi connectivity index (χ3v) is 4.34. The normalized spacial score (nSPS) is 23.5. The lowest BCUT2D eigenvalue weighted by atomic mass is 9.99. The molecule has 0 aromatic carbocycles. The van der Waals surface area contributed by atoms with Crippen LogP contribution in [0.25, 0.3) is 0 Å². The van der Waals surface area contributed by atoms with Crippen molar-refractivity contribution >= 4 is 11.6 Å². The first-order chi connectivity index (χ1) is 9.76. The van der Waals surface area contributed by atoms with E-state index in [0.29, 0.717) is 0 Å². The molecule has 1 unspecified atom stereocenters. The first-order valence-corrected chi connectivity index (χ1v) is 7.85. The van der Waals surface area contributed by atoms with Gasteiger partial charge >= 0.3 is 0 Å². The maximum atomic E-state index is 4.63. The third-order valence-electron chi connectivity index (χ3n) is 4.34. The predicted molar refractivity (Wildman–Crippen MR) is 82.4 cm³/mol. The molecule has 0 radical (unpaired) electrons. The summed E-state index contributed by atoms with van der Waals surface area (Å²) in [5, 5.41) is 3.30. The average molecular weight is 275 g/mol. The zero-order chi connectivity index (χ0) is 13.9. The Morgan fingerprint density at radius 3 is 3.00 bits per heavy atom. The molecular formula is C15H25N5. The molecule has 5 heteroatoms. The molecule has 2 aliphatic rings. The van der Waals surface area contributed by atoms with Gasteiger partial charge in [-0.1, -0.05) is 6.42 Å². The second kappa shape index (κ2) is 5.95. The highest BCUT2D eigenvalue weighted by Crippen LogP contribution is 2.25. The van der Waals surface area contributed by atoms with Gasteiger partial charge in [0.05, 0.1) is 0 Å². The van der Waals surface area contributed by atoms with E-state index in [1.165, 1.54) is 32.4 Å². The van der Waals surface area contributed by atoms with E-state index in [-0.39, 0.29) is 0 Å². The number of hydrogen-bond acceptors (Lipinski definition) is 5. The molecule has 0 saturated carbocycles. The maximum Gasteiger partial charge on any atom is 0.134 e. The molecule has 2 fully saturated rings. The van der Waals surface area contributed by atoms with Gasteiger partial charge in [0.2, 0.25) is 0 Å². The van der Waals surface area contributed by atoms with Crippen molar-refractivity contribution in [2.75, 3.05) is 42.9 Å². The average Bonchev–Trinajstić information content (AvgIpc) is 2.46. The van der Waals surface area contributed by atoms with Crippen LogP contribution in [-0.4, -0.2) is 53.6 Å². The minimum atomic E-state index is 0.718. The van der Waals surface area contributed by atoms with Crippen molar-refractivity contribution in [1.82, 2.24) is 14.9 Å². The highest BCUT2D eigenvalue weighted by atomic mass is 15.3. The van der Waals surface area contributed by atoms with Crippen molar-refractivity contribution in [2.24, 2.45) is 0 Å². The zero-order valence-corrected chi connectivity index (χ0v) is 12.6. The van der Waals surface area contributed by atoms with Gasteiger partial charge in [-0.25, -0.2) is 9.97 Å².